The van der Waals surface area contributed by atoms with Gasteiger partial charge in [-0.25, -0.2) is 9.97 Å². The van der Waals surface area contributed by atoms with Gasteiger partial charge in [-0.05, 0) is 19.4 Å². The van der Waals surface area contributed by atoms with Crippen LogP contribution in [0, 0.1) is 13.8 Å². The van der Waals surface area contributed by atoms with Gasteiger partial charge in [-0.3, -0.25) is 0 Å². The van der Waals surface area contributed by atoms with Gasteiger partial charge in [-0.2, -0.15) is 0 Å². The van der Waals surface area contributed by atoms with Crippen LogP contribution >= 0.6 is 23.1 Å². The third-order valence-electron chi connectivity index (χ3n) is 2.29. The lowest BCUT2D eigenvalue weighted by Gasteiger charge is -2.01. The van der Waals surface area contributed by atoms with E-state index in [4.69, 9.17) is 5.73 Å². The van der Waals surface area contributed by atoms with Crippen molar-refractivity contribution < 1.29 is 0 Å². The molecule has 0 aliphatic heterocycles. The largest absolute Gasteiger partial charge is 0.330 e. The van der Waals surface area contributed by atoms with Crippen molar-refractivity contribution in [1.82, 2.24) is 9.97 Å². The molecule has 0 aliphatic rings. The smallest absolute Gasteiger partial charge is 0.128 e. The number of aryl methyl sites for hydroxylation is 2. The summed E-state index contributed by atoms with van der Waals surface area (Å²) in [7, 11) is 0. The highest BCUT2D eigenvalue weighted by atomic mass is 32.2. The van der Waals surface area contributed by atoms with Crippen molar-refractivity contribution in [3.8, 4) is 0 Å². The number of hydrogen-bond acceptors (Lipinski definition) is 5. The van der Waals surface area contributed by atoms with E-state index in [0.29, 0.717) is 6.54 Å². The quantitative estimate of drug-likeness (QED) is 0.660. The lowest BCUT2D eigenvalue weighted by atomic mass is 10.2. The zero-order chi connectivity index (χ0) is 10.8. The molecule has 0 atom stereocenters. The van der Waals surface area contributed by atoms with Crippen molar-refractivity contribution in [1.29, 1.82) is 0 Å². The van der Waals surface area contributed by atoms with E-state index in [1.807, 2.05) is 0 Å². The molecular weight excluding hydrogens is 226 g/mol. The van der Waals surface area contributed by atoms with Gasteiger partial charge in [-0.15, -0.1) is 23.1 Å². The van der Waals surface area contributed by atoms with E-state index in [0.717, 1.165) is 15.6 Å². The molecule has 0 radical (unpaired) electrons. The van der Waals surface area contributed by atoms with Crippen molar-refractivity contribution in [3.05, 3.63) is 16.8 Å². The first-order valence-electron chi connectivity index (χ1n) is 4.77. The fourth-order valence-electron chi connectivity index (χ4n) is 1.42. The highest BCUT2D eigenvalue weighted by Gasteiger charge is 2.11. The van der Waals surface area contributed by atoms with Gasteiger partial charge in [0, 0.05) is 22.6 Å². The first-order valence-corrected chi connectivity index (χ1v) is 6.58. The van der Waals surface area contributed by atoms with E-state index in [1.165, 1.54) is 15.8 Å². The van der Waals surface area contributed by atoms with E-state index in [1.54, 1.807) is 29.4 Å². The molecule has 2 rings (SSSR count). The van der Waals surface area contributed by atoms with Gasteiger partial charge < -0.3 is 5.73 Å². The Bertz CT molecular complexity index is 479. The van der Waals surface area contributed by atoms with Crippen LogP contribution in [0.2, 0.25) is 0 Å². The van der Waals surface area contributed by atoms with Crippen LogP contribution in [0.1, 0.15) is 10.4 Å². The molecule has 2 aromatic heterocycles. The molecule has 2 N–H and O–H groups in total. The number of fused-ring (bicyclic) bond motifs is 1. The first-order chi connectivity index (χ1) is 7.24. The minimum absolute atomic E-state index is 0.679. The maximum absolute atomic E-state index is 5.50. The van der Waals surface area contributed by atoms with Crippen LogP contribution in [0.5, 0.6) is 0 Å². The predicted octanol–water partition coefficient (Wildman–Crippen LogP) is 2.36. The molecule has 80 valence electrons. The van der Waals surface area contributed by atoms with Crippen molar-refractivity contribution in [3.63, 3.8) is 0 Å². The third-order valence-corrected chi connectivity index (χ3v) is 4.43. The molecule has 0 saturated carbocycles. The number of thiophene rings is 1. The van der Waals surface area contributed by atoms with Crippen LogP contribution in [-0.2, 0) is 0 Å². The number of thioether (sulfide) groups is 1. The van der Waals surface area contributed by atoms with E-state index in [9.17, 15) is 0 Å². The summed E-state index contributed by atoms with van der Waals surface area (Å²) in [6.45, 7) is 4.93. The zero-order valence-electron chi connectivity index (χ0n) is 8.78. The Kier molecular flexibility index (Phi) is 3.23. The Morgan fingerprint density at radius 1 is 1.40 bits per heavy atom. The number of hydrogen-bond donors (Lipinski definition) is 1. The summed E-state index contributed by atoms with van der Waals surface area (Å²) < 4.78 is 0. The maximum atomic E-state index is 5.50. The van der Waals surface area contributed by atoms with Gasteiger partial charge >= 0.3 is 0 Å². The Labute approximate surface area is 97.1 Å². The van der Waals surface area contributed by atoms with E-state index >= 15 is 0 Å². The molecule has 0 aliphatic carbocycles. The zero-order valence-corrected chi connectivity index (χ0v) is 10.4. The number of nitrogens with zero attached hydrogens (tertiary/aromatic N) is 2. The number of aromatic nitrogens is 2. The number of rotatable bonds is 3. The molecule has 3 nitrogen and oxygen atoms in total. The monoisotopic (exact) mass is 239 g/mol. The molecule has 0 spiro atoms. The molecule has 0 unspecified atom stereocenters. The maximum Gasteiger partial charge on any atom is 0.128 e. The summed E-state index contributed by atoms with van der Waals surface area (Å²) in [5, 5.41) is 2.27. The SMILES string of the molecule is Cc1sc2ncnc(SCCN)c2c1C. The van der Waals surface area contributed by atoms with Crippen molar-refractivity contribution in [2.75, 3.05) is 12.3 Å². The van der Waals surface area contributed by atoms with Gasteiger partial charge in [0.2, 0.25) is 0 Å². The summed E-state index contributed by atoms with van der Waals surface area (Å²) in [6, 6.07) is 0. The van der Waals surface area contributed by atoms with E-state index < -0.39 is 0 Å². The fourth-order valence-corrected chi connectivity index (χ4v) is 3.30. The number of nitrogens with two attached hydrogens (primary N) is 1. The topological polar surface area (TPSA) is 51.8 Å². The predicted molar refractivity (Wildman–Crippen MR) is 66.7 cm³/mol. The van der Waals surface area contributed by atoms with Crippen LogP contribution in [0.15, 0.2) is 11.4 Å². The highest BCUT2D eigenvalue weighted by molar-refractivity contribution is 7.99. The Morgan fingerprint density at radius 3 is 2.93 bits per heavy atom. The second-order valence-electron chi connectivity index (χ2n) is 3.28. The van der Waals surface area contributed by atoms with Crippen molar-refractivity contribution >= 4 is 33.3 Å². The Morgan fingerprint density at radius 2 is 2.20 bits per heavy atom. The second-order valence-corrected chi connectivity index (χ2v) is 5.57. The summed E-state index contributed by atoms with van der Waals surface area (Å²) in [5.41, 5.74) is 6.80. The summed E-state index contributed by atoms with van der Waals surface area (Å²) >= 11 is 3.44. The summed E-state index contributed by atoms with van der Waals surface area (Å²) in [5.74, 6) is 0.903. The third kappa shape index (κ3) is 2.00. The lowest BCUT2D eigenvalue weighted by Crippen LogP contribution is -2.01. The molecule has 0 bridgehead atoms. The fraction of sp³-hybridized carbons (Fsp3) is 0.400. The molecule has 0 aromatic carbocycles. The molecule has 0 amide bonds. The first kappa shape index (κ1) is 10.9. The van der Waals surface area contributed by atoms with Crippen LogP contribution in [0.4, 0.5) is 0 Å². The van der Waals surface area contributed by atoms with Gasteiger partial charge in [0.05, 0.1) is 0 Å². The second kappa shape index (κ2) is 4.47. The molecule has 15 heavy (non-hydrogen) atoms. The van der Waals surface area contributed by atoms with Crippen molar-refractivity contribution in [2.24, 2.45) is 5.73 Å². The van der Waals surface area contributed by atoms with Gasteiger partial charge in [-0.1, -0.05) is 0 Å². The Hall–Kier alpha value is -0.650. The minimum Gasteiger partial charge on any atom is -0.330 e. The molecule has 2 heterocycles. The van der Waals surface area contributed by atoms with Crippen LogP contribution < -0.4 is 5.73 Å². The van der Waals surface area contributed by atoms with E-state index in [-0.39, 0.29) is 0 Å². The standard InChI is InChI=1S/C10H13N3S2/c1-6-7(2)15-10-8(6)9(12-5-13-10)14-4-3-11/h5H,3-4,11H2,1-2H3. The van der Waals surface area contributed by atoms with Gasteiger partial charge in [0.15, 0.2) is 0 Å². The molecule has 2 aromatic rings. The highest BCUT2D eigenvalue weighted by Crippen LogP contribution is 2.33. The Balaban J connectivity index is 2.53. The molecular formula is C10H13N3S2. The molecule has 0 fully saturated rings. The summed E-state index contributed by atoms with van der Waals surface area (Å²) in [4.78, 5) is 11.0. The van der Waals surface area contributed by atoms with Crippen LogP contribution in [0.3, 0.4) is 0 Å². The van der Waals surface area contributed by atoms with E-state index in [2.05, 4.69) is 23.8 Å². The van der Waals surface area contributed by atoms with Gasteiger partial charge in [0.25, 0.3) is 0 Å². The van der Waals surface area contributed by atoms with Crippen molar-refractivity contribution in [2.45, 2.75) is 18.9 Å². The van der Waals surface area contributed by atoms with Gasteiger partial charge in [0.1, 0.15) is 16.2 Å². The van der Waals surface area contributed by atoms with Crippen LogP contribution in [-0.4, -0.2) is 22.3 Å². The van der Waals surface area contributed by atoms with Crippen LogP contribution in [0.25, 0.3) is 10.2 Å². The normalized spacial score (nSPS) is 11.1. The lowest BCUT2D eigenvalue weighted by molar-refractivity contribution is 1.09. The minimum atomic E-state index is 0.679. The average Bonchev–Trinajstić information content (AvgIpc) is 2.53. The average molecular weight is 239 g/mol. The summed E-state index contributed by atoms with van der Waals surface area (Å²) in [6.07, 6.45) is 1.64. The molecule has 5 heteroatoms. The molecule has 0 saturated heterocycles.